The van der Waals surface area contributed by atoms with E-state index in [1.54, 1.807) is 13.0 Å². The zero-order valence-corrected chi connectivity index (χ0v) is 10.2. The van der Waals surface area contributed by atoms with Gasteiger partial charge in [-0.2, -0.15) is 0 Å². The van der Waals surface area contributed by atoms with Crippen LogP contribution in [0.15, 0.2) is 18.2 Å². The Balaban J connectivity index is 2.12. The van der Waals surface area contributed by atoms with Crippen molar-refractivity contribution in [3.8, 4) is 0 Å². The van der Waals surface area contributed by atoms with Crippen LogP contribution in [0.4, 0.5) is 5.69 Å². The fourth-order valence-electron chi connectivity index (χ4n) is 1.99. The zero-order valence-electron chi connectivity index (χ0n) is 10.2. The van der Waals surface area contributed by atoms with E-state index < -0.39 is 23.8 Å². The van der Waals surface area contributed by atoms with E-state index in [9.17, 15) is 14.4 Å². The van der Waals surface area contributed by atoms with E-state index in [-0.39, 0.29) is 11.5 Å². The molecule has 19 heavy (non-hydrogen) atoms. The monoisotopic (exact) mass is 263 g/mol. The minimum Gasteiger partial charge on any atom is -0.481 e. The van der Waals surface area contributed by atoms with Crippen LogP contribution in [0.3, 0.4) is 0 Å². The number of carboxylic acid groups (broad SMARTS) is 2. The second-order valence-corrected chi connectivity index (χ2v) is 4.56. The summed E-state index contributed by atoms with van der Waals surface area (Å²) in [5.41, 5.74) is 0.972. The maximum absolute atomic E-state index is 11.8. The summed E-state index contributed by atoms with van der Waals surface area (Å²) >= 11 is 0. The Labute approximate surface area is 109 Å². The highest BCUT2D eigenvalue weighted by molar-refractivity contribution is 6.00. The molecule has 3 N–H and O–H groups in total. The number of rotatable bonds is 4. The third-order valence-electron chi connectivity index (χ3n) is 3.27. The van der Waals surface area contributed by atoms with Crippen LogP contribution in [0.2, 0.25) is 0 Å². The van der Waals surface area contributed by atoms with Gasteiger partial charge in [0, 0.05) is 5.69 Å². The number of carboxylic acids is 2. The van der Waals surface area contributed by atoms with Crippen molar-refractivity contribution in [1.29, 1.82) is 0 Å². The Morgan fingerprint density at radius 3 is 2.42 bits per heavy atom. The van der Waals surface area contributed by atoms with E-state index >= 15 is 0 Å². The van der Waals surface area contributed by atoms with Gasteiger partial charge in [-0.25, -0.2) is 4.79 Å². The molecule has 0 unspecified atom stereocenters. The van der Waals surface area contributed by atoms with Crippen molar-refractivity contribution in [2.24, 2.45) is 11.8 Å². The van der Waals surface area contributed by atoms with Gasteiger partial charge in [0.1, 0.15) is 0 Å². The second-order valence-electron chi connectivity index (χ2n) is 4.56. The lowest BCUT2D eigenvalue weighted by Gasteiger charge is -2.10. The molecule has 1 aromatic rings. The second kappa shape index (κ2) is 4.72. The van der Waals surface area contributed by atoms with Crippen molar-refractivity contribution in [2.75, 3.05) is 5.32 Å². The average Bonchev–Trinajstić information content (AvgIpc) is 3.11. The molecule has 0 aromatic heterocycles. The summed E-state index contributed by atoms with van der Waals surface area (Å²) in [5, 5.41) is 20.3. The number of carbonyl (C=O) groups is 3. The van der Waals surface area contributed by atoms with Crippen LogP contribution in [-0.4, -0.2) is 28.1 Å². The first-order chi connectivity index (χ1) is 8.91. The Morgan fingerprint density at radius 1 is 1.21 bits per heavy atom. The van der Waals surface area contributed by atoms with E-state index in [4.69, 9.17) is 10.2 Å². The average molecular weight is 263 g/mol. The summed E-state index contributed by atoms with van der Waals surface area (Å²) in [4.78, 5) is 33.4. The molecule has 2 rings (SSSR count). The molecule has 1 aliphatic carbocycles. The summed E-state index contributed by atoms with van der Waals surface area (Å²) in [6.45, 7) is 1.60. The first-order valence-electron chi connectivity index (χ1n) is 5.78. The highest BCUT2D eigenvalue weighted by Crippen LogP contribution is 2.39. The number of aliphatic carboxylic acids is 1. The number of anilines is 1. The molecule has 0 bridgehead atoms. The van der Waals surface area contributed by atoms with Gasteiger partial charge in [0.2, 0.25) is 5.91 Å². The zero-order chi connectivity index (χ0) is 14.2. The maximum Gasteiger partial charge on any atom is 0.336 e. The van der Waals surface area contributed by atoms with Gasteiger partial charge in [-0.15, -0.1) is 0 Å². The summed E-state index contributed by atoms with van der Waals surface area (Å²) in [6.07, 6.45) is 0.332. The molecule has 6 nitrogen and oxygen atoms in total. The molecule has 1 aromatic carbocycles. The molecule has 0 spiro atoms. The first-order valence-corrected chi connectivity index (χ1v) is 5.78. The van der Waals surface area contributed by atoms with Crippen LogP contribution >= 0.6 is 0 Å². The molecule has 0 aliphatic heterocycles. The number of benzene rings is 1. The Hall–Kier alpha value is -2.37. The molecule has 6 heteroatoms. The molecule has 2 atom stereocenters. The third kappa shape index (κ3) is 2.57. The number of hydrogen-bond acceptors (Lipinski definition) is 3. The minimum absolute atomic E-state index is 0.114. The van der Waals surface area contributed by atoms with Gasteiger partial charge >= 0.3 is 11.9 Å². The van der Waals surface area contributed by atoms with E-state index in [1.807, 2.05) is 0 Å². The normalized spacial score (nSPS) is 20.7. The Bertz CT molecular complexity index is 566. The van der Waals surface area contributed by atoms with Gasteiger partial charge in [-0.1, -0.05) is 6.07 Å². The van der Waals surface area contributed by atoms with Crippen LogP contribution < -0.4 is 5.32 Å². The topological polar surface area (TPSA) is 104 Å². The lowest BCUT2D eigenvalue weighted by Crippen LogP contribution is -2.18. The lowest BCUT2D eigenvalue weighted by atomic mass is 10.1. The van der Waals surface area contributed by atoms with E-state index in [1.165, 1.54) is 12.1 Å². The molecule has 0 saturated heterocycles. The molecule has 1 aliphatic rings. The van der Waals surface area contributed by atoms with Crippen LogP contribution in [0, 0.1) is 18.8 Å². The van der Waals surface area contributed by atoms with Gasteiger partial charge in [0.25, 0.3) is 0 Å². The van der Waals surface area contributed by atoms with Crippen LogP contribution in [-0.2, 0) is 9.59 Å². The van der Waals surface area contributed by atoms with Crippen molar-refractivity contribution in [3.05, 3.63) is 29.3 Å². The van der Waals surface area contributed by atoms with Gasteiger partial charge in [0.05, 0.1) is 17.4 Å². The Morgan fingerprint density at radius 2 is 1.89 bits per heavy atom. The smallest absolute Gasteiger partial charge is 0.336 e. The van der Waals surface area contributed by atoms with Crippen molar-refractivity contribution in [3.63, 3.8) is 0 Å². The number of carbonyl (C=O) groups excluding carboxylic acids is 1. The molecule has 1 amide bonds. The van der Waals surface area contributed by atoms with Gasteiger partial charge in [0.15, 0.2) is 0 Å². The van der Waals surface area contributed by atoms with Crippen LogP contribution in [0.5, 0.6) is 0 Å². The van der Waals surface area contributed by atoms with E-state index in [2.05, 4.69) is 5.32 Å². The molecule has 0 radical (unpaired) electrons. The number of nitrogens with one attached hydrogen (secondary N) is 1. The quantitative estimate of drug-likeness (QED) is 0.760. The van der Waals surface area contributed by atoms with Gasteiger partial charge in [-0.05, 0) is 31.0 Å². The highest BCUT2D eigenvalue weighted by Gasteiger charge is 2.48. The largest absolute Gasteiger partial charge is 0.481 e. The number of aromatic carboxylic acids is 1. The fourth-order valence-corrected chi connectivity index (χ4v) is 1.99. The van der Waals surface area contributed by atoms with Crippen molar-refractivity contribution in [1.82, 2.24) is 0 Å². The summed E-state index contributed by atoms with van der Waals surface area (Å²) in [6, 6.07) is 4.58. The van der Waals surface area contributed by atoms with Crippen LogP contribution in [0.1, 0.15) is 22.3 Å². The molecule has 1 saturated carbocycles. The third-order valence-corrected chi connectivity index (χ3v) is 3.27. The molecular weight excluding hydrogens is 250 g/mol. The number of amides is 1. The summed E-state index contributed by atoms with van der Waals surface area (Å²) in [5.74, 6) is -3.56. The van der Waals surface area contributed by atoms with Crippen LogP contribution in [0.25, 0.3) is 0 Å². The van der Waals surface area contributed by atoms with Gasteiger partial charge < -0.3 is 15.5 Å². The minimum atomic E-state index is -1.07. The van der Waals surface area contributed by atoms with E-state index in [0.717, 1.165) is 0 Å². The van der Waals surface area contributed by atoms with E-state index in [0.29, 0.717) is 17.7 Å². The molecule has 100 valence electrons. The maximum atomic E-state index is 11.8. The fraction of sp³-hybridized carbons (Fsp3) is 0.308. The van der Waals surface area contributed by atoms with Crippen molar-refractivity contribution in [2.45, 2.75) is 13.3 Å². The highest BCUT2D eigenvalue weighted by atomic mass is 16.4. The molecular formula is C13H13NO5. The molecule has 1 fully saturated rings. The lowest BCUT2D eigenvalue weighted by molar-refractivity contribution is -0.139. The number of hydrogen-bond donors (Lipinski definition) is 3. The molecule has 0 heterocycles. The predicted octanol–water partition coefficient (Wildman–Crippen LogP) is 1.35. The predicted molar refractivity (Wildman–Crippen MR) is 66.0 cm³/mol. The first kappa shape index (κ1) is 13.1. The Kier molecular flexibility index (Phi) is 3.25. The van der Waals surface area contributed by atoms with Crippen molar-refractivity contribution >= 4 is 23.5 Å². The van der Waals surface area contributed by atoms with Gasteiger partial charge in [-0.3, -0.25) is 9.59 Å². The van der Waals surface area contributed by atoms with Crippen molar-refractivity contribution < 1.29 is 24.6 Å². The summed E-state index contributed by atoms with van der Waals surface area (Å²) in [7, 11) is 0. The summed E-state index contributed by atoms with van der Waals surface area (Å²) < 4.78 is 0. The SMILES string of the molecule is Cc1c(NC(=O)[C@@H]2C[C@@H]2C(=O)O)cccc1C(=O)O. The standard InChI is InChI=1S/C13H13NO5/c1-6-7(12(16)17)3-2-4-10(6)14-11(15)8-5-9(8)13(18)19/h2-4,8-9H,5H2,1H3,(H,14,15)(H,16,17)(H,18,19)/t8-,9+/m1/s1.